The minimum absolute atomic E-state index is 0.712. The molecule has 0 unspecified atom stereocenters. The lowest BCUT2D eigenvalue weighted by Gasteiger charge is -2.06. The molecule has 3 nitrogen and oxygen atoms in total. The van der Waals surface area contributed by atoms with Gasteiger partial charge in [0.25, 0.3) is 0 Å². The molecule has 0 aromatic carbocycles. The summed E-state index contributed by atoms with van der Waals surface area (Å²) in [4.78, 5) is 2.10. The third kappa shape index (κ3) is 9.91. The van der Waals surface area contributed by atoms with E-state index in [1.165, 1.54) is 0 Å². The van der Waals surface area contributed by atoms with Crippen molar-refractivity contribution in [1.82, 2.24) is 4.90 Å². The molecule has 0 fully saturated rings. The van der Waals surface area contributed by atoms with E-state index in [2.05, 4.69) is 9.26 Å². The van der Waals surface area contributed by atoms with E-state index >= 15 is 0 Å². The fraction of sp³-hybridized carbons (Fsp3) is 1.00. The van der Waals surface area contributed by atoms with Crippen LogP contribution in [0, 0.1) is 0 Å². The Bertz CT molecular complexity index is 196. The fourth-order valence-corrected chi connectivity index (χ4v) is 1.24. The van der Waals surface area contributed by atoms with Crippen molar-refractivity contribution in [3.05, 3.63) is 0 Å². The van der Waals surface area contributed by atoms with E-state index in [0.29, 0.717) is 6.54 Å². The summed E-state index contributed by atoms with van der Waals surface area (Å²) in [5.74, 6) is 0. The van der Waals surface area contributed by atoms with Crippen LogP contribution in [0.2, 0.25) is 0 Å². The van der Waals surface area contributed by atoms with Crippen molar-refractivity contribution >= 4 is 9.73 Å². The minimum Gasteiger partial charge on any atom is -0.309 e. The predicted molar refractivity (Wildman–Crippen MR) is 50.5 cm³/mol. The highest BCUT2D eigenvalue weighted by molar-refractivity contribution is 7.92. The molecule has 0 radical (unpaired) electrons. The molecule has 0 rings (SSSR count). The van der Waals surface area contributed by atoms with Crippen molar-refractivity contribution in [2.75, 3.05) is 39.7 Å². The Morgan fingerprint density at radius 1 is 1.36 bits per heavy atom. The summed E-state index contributed by atoms with van der Waals surface area (Å²) >= 11 is 0. The van der Waals surface area contributed by atoms with Crippen molar-refractivity contribution in [1.29, 1.82) is 0 Å². The van der Waals surface area contributed by atoms with Crippen LogP contribution in [0.5, 0.6) is 0 Å². The average molecular weight is 178 g/mol. The highest BCUT2D eigenvalue weighted by Gasteiger charge is 1.91. The maximum atomic E-state index is 11.1. The summed E-state index contributed by atoms with van der Waals surface area (Å²) in [7, 11) is 2.18. The van der Waals surface area contributed by atoms with Gasteiger partial charge in [0, 0.05) is 28.8 Å². The number of hydrogen-bond donors (Lipinski definition) is 0. The Morgan fingerprint density at radius 3 is 2.27 bits per heavy atom. The smallest absolute Gasteiger partial charge is 0.0496 e. The summed E-state index contributed by atoms with van der Waals surface area (Å²) in [6.07, 6.45) is 4.33. The molecule has 0 heterocycles. The van der Waals surface area contributed by atoms with E-state index in [0.717, 1.165) is 13.0 Å². The molecule has 0 aromatic rings. The largest absolute Gasteiger partial charge is 0.309 e. The maximum absolute atomic E-state index is 11.1. The van der Waals surface area contributed by atoms with Crippen LogP contribution < -0.4 is 0 Å². The molecule has 0 aliphatic rings. The molecule has 0 aliphatic heterocycles. The predicted octanol–water partition coefficient (Wildman–Crippen LogP) is 0.666. The van der Waals surface area contributed by atoms with Gasteiger partial charge < -0.3 is 4.90 Å². The molecule has 0 N–H and O–H groups in total. The summed E-state index contributed by atoms with van der Waals surface area (Å²) in [5, 5.41) is 0. The molecule has 0 bridgehead atoms. The van der Waals surface area contributed by atoms with E-state index in [-0.39, 0.29) is 0 Å². The average Bonchev–Trinajstić information content (AvgIpc) is 1.78. The van der Waals surface area contributed by atoms with E-state index in [1.807, 2.05) is 14.1 Å². The van der Waals surface area contributed by atoms with Gasteiger partial charge in [0.05, 0.1) is 0 Å². The van der Waals surface area contributed by atoms with Crippen LogP contribution in [0.15, 0.2) is 4.36 Å². The van der Waals surface area contributed by atoms with Crippen LogP contribution in [-0.4, -0.2) is 48.8 Å². The van der Waals surface area contributed by atoms with Gasteiger partial charge in [-0.05, 0) is 27.1 Å². The molecule has 0 atom stereocenters. The maximum Gasteiger partial charge on any atom is 0.0496 e. The normalized spacial score (nSPS) is 12.1. The Labute approximate surface area is 70.0 Å². The topological polar surface area (TPSA) is 32.7 Å². The molecular formula is C7H18N2OS. The van der Waals surface area contributed by atoms with Crippen LogP contribution in [0.4, 0.5) is 0 Å². The summed E-state index contributed by atoms with van der Waals surface area (Å²) in [6, 6.07) is 0. The first-order valence-electron chi connectivity index (χ1n) is 3.69. The van der Waals surface area contributed by atoms with E-state index in [9.17, 15) is 4.21 Å². The molecule has 0 aromatic heterocycles. The third-order valence-electron chi connectivity index (χ3n) is 1.17. The summed E-state index contributed by atoms with van der Waals surface area (Å²) in [5.41, 5.74) is 0. The van der Waals surface area contributed by atoms with Gasteiger partial charge in [0.2, 0.25) is 0 Å². The molecule has 0 saturated carbocycles. The zero-order valence-electron chi connectivity index (χ0n) is 7.83. The van der Waals surface area contributed by atoms with Crippen LogP contribution >= 0.6 is 0 Å². The Kier molecular flexibility index (Phi) is 4.68. The third-order valence-corrected chi connectivity index (χ3v) is 1.97. The minimum atomic E-state index is -1.87. The molecule has 4 heteroatoms. The van der Waals surface area contributed by atoms with Gasteiger partial charge in [-0.1, -0.05) is 0 Å². The van der Waals surface area contributed by atoms with Crippen molar-refractivity contribution < 1.29 is 4.21 Å². The first-order chi connectivity index (χ1) is 4.92. The Hall–Kier alpha value is -0.0900. The first-order valence-corrected chi connectivity index (χ1v) is 6.02. The van der Waals surface area contributed by atoms with Crippen molar-refractivity contribution in [3.63, 3.8) is 0 Å². The van der Waals surface area contributed by atoms with E-state index in [1.54, 1.807) is 12.5 Å². The van der Waals surface area contributed by atoms with Gasteiger partial charge in [-0.3, -0.25) is 4.21 Å². The van der Waals surface area contributed by atoms with Gasteiger partial charge in [-0.2, -0.15) is 0 Å². The highest BCUT2D eigenvalue weighted by Crippen LogP contribution is 1.88. The van der Waals surface area contributed by atoms with Gasteiger partial charge in [-0.15, -0.1) is 0 Å². The van der Waals surface area contributed by atoms with Crippen LogP contribution in [0.25, 0.3) is 0 Å². The second-order valence-electron chi connectivity index (χ2n) is 3.19. The number of nitrogens with zero attached hydrogens (tertiary/aromatic N) is 2. The van der Waals surface area contributed by atoms with Crippen LogP contribution in [-0.2, 0) is 9.73 Å². The van der Waals surface area contributed by atoms with E-state index in [4.69, 9.17) is 0 Å². The monoisotopic (exact) mass is 178 g/mol. The zero-order valence-corrected chi connectivity index (χ0v) is 8.65. The molecule has 0 amide bonds. The summed E-state index contributed by atoms with van der Waals surface area (Å²) in [6.45, 7) is 1.73. The molecular weight excluding hydrogens is 160 g/mol. The molecule has 11 heavy (non-hydrogen) atoms. The quantitative estimate of drug-likeness (QED) is 0.593. The van der Waals surface area contributed by atoms with Gasteiger partial charge in [0.1, 0.15) is 0 Å². The molecule has 0 spiro atoms. The van der Waals surface area contributed by atoms with Gasteiger partial charge >= 0.3 is 0 Å². The van der Waals surface area contributed by atoms with Gasteiger partial charge in [-0.25, -0.2) is 4.36 Å². The number of rotatable bonds is 4. The van der Waals surface area contributed by atoms with Crippen molar-refractivity contribution in [2.45, 2.75) is 6.42 Å². The standard InChI is InChI=1S/C7H18N2OS/c1-9(2)7-5-6-8-11(3,4)10/h5-7H2,1-4H3. The van der Waals surface area contributed by atoms with E-state index < -0.39 is 9.73 Å². The first kappa shape index (κ1) is 10.9. The SMILES string of the molecule is CN(C)CCCN=S(C)(C)=O. The lowest BCUT2D eigenvalue weighted by Crippen LogP contribution is -2.13. The lowest BCUT2D eigenvalue weighted by molar-refractivity contribution is 0.403. The molecule has 0 saturated heterocycles. The van der Waals surface area contributed by atoms with Gasteiger partial charge in [0.15, 0.2) is 0 Å². The molecule has 68 valence electrons. The van der Waals surface area contributed by atoms with Crippen molar-refractivity contribution in [3.8, 4) is 0 Å². The summed E-state index contributed by atoms with van der Waals surface area (Å²) < 4.78 is 15.1. The second-order valence-corrected chi connectivity index (χ2v) is 5.81. The lowest BCUT2D eigenvalue weighted by atomic mass is 10.4. The highest BCUT2D eigenvalue weighted by atomic mass is 32.2. The van der Waals surface area contributed by atoms with Crippen LogP contribution in [0.3, 0.4) is 0 Å². The van der Waals surface area contributed by atoms with Crippen molar-refractivity contribution in [2.24, 2.45) is 4.36 Å². The second kappa shape index (κ2) is 4.72. The van der Waals surface area contributed by atoms with Crippen LogP contribution in [0.1, 0.15) is 6.42 Å². The molecule has 0 aliphatic carbocycles. The number of hydrogen-bond acceptors (Lipinski definition) is 3. The fourth-order valence-electron chi connectivity index (χ4n) is 0.671. The zero-order chi connectivity index (χ0) is 8.91. The Balaban J connectivity index is 3.51. The Morgan fingerprint density at radius 2 is 1.91 bits per heavy atom.